The largest absolute Gasteiger partial charge is 0.468 e. The molecule has 1 aliphatic rings. The molecule has 1 heterocycles. The molecule has 1 N–H and O–H groups in total. The van der Waals surface area contributed by atoms with Crippen molar-refractivity contribution in [2.24, 2.45) is 5.92 Å². The van der Waals surface area contributed by atoms with Gasteiger partial charge in [0.2, 0.25) is 17.7 Å². The number of hydrogen-bond acceptors (Lipinski definition) is 3. The zero-order valence-electron chi connectivity index (χ0n) is 11.3. The molecule has 1 aromatic rings. The van der Waals surface area contributed by atoms with E-state index in [-0.39, 0.29) is 12.4 Å². The molecule has 0 aliphatic heterocycles. The highest BCUT2D eigenvalue weighted by Crippen LogP contribution is 2.42. The predicted molar refractivity (Wildman–Crippen MR) is 65.3 cm³/mol. The van der Waals surface area contributed by atoms with E-state index in [0.717, 1.165) is 0 Å². The van der Waals surface area contributed by atoms with Crippen LogP contribution in [0.2, 0.25) is 0 Å². The summed E-state index contributed by atoms with van der Waals surface area (Å²) in [7, 11) is 0. The molecule has 1 amide bonds. The SMILES string of the molecule is O=C(NCc1ccnc(OCC(F)(F)F)c1)C1CC(F)(F)C1. The van der Waals surface area contributed by atoms with Gasteiger partial charge in [-0.15, -0.1) is 0 Å². The fraction of sp³-hybridized carbons (Fsp3) is 0.538. The van der Waals surface area contributed by atoms with Gasteiger partial charge in [-0.2, -0.15) is 13.2 Å². The molecule has 9 heteroatoms. The second kappa shape index (κ2) is 6.05. The first-order valence-electron chi connectivity index (χ1n) is 6.45. The number of nitrogens with one attached hydrogen (secondary N) is 1. The molecule has 0 bridgehead atoms. The number of aromatic nitrogens is 1. The Balaban J connectivity index is 1.82. The normalized spacial score (nSPS) is 17.7. The molecule has 1 fully saturated rings. The predicted octanol–water partition coefficient (Wildman–Crippen LogP) is 2.68. The summed E-state index contributed by atoms with van der Waals surface area (Å²) in [6.45, 7) is -1.46. The van der Waals surface area contributed by atoms with Crippen LogP contribution >= 0.6 is 0 Å². The van der Waals surface area contributed by atoms with Crippen LogP contribution in [-0.2, 0) is 11.3 Å². The Morgan fingerprint density at radius 1 is 1.41 bits per heavy atom. The highest BCUT2D eigenvalue weighted by molar-refractivity contribution is 5.79. The number of hydrogen-bond donors (Lipinski definition) is 1. The molecule has 4 nitrogen and oxygen atoms in total. The average Bonchev–Trinajstić information content (AvgIpc) is 2.39. The molecule has 122 valence electrons. The molecule has 0 unspecified atom stereocenters. The van der Waals surface area contributed by atoms with Gasteiger partial charge >= 0.3 is 6.18 Å². The van der Waals surface area contributed by atoms with Crippen molar-refractivity contribution in [3.8, 4) is 5.88 Å². The summed E-state index contributed by atoms with van der Waals surface area (Å²) in [4.78, 5) is 15.2. The summed E-state index contributed by atoms with van der Waals surface area (Å²) in [6, 6.07) is 2.73. The fourth-order valence-electron chi connectivity index (χ4n) is 1.98. The summed E-state index contributed by atoms with van der Waals surface area (Å²) < 4.78 is 65.8. The van der Waals surface area contributed by atoms with Crippen LogP contribution in [0.25, 0.3) is 0 Å². The summed E-state index contributed by atoms with van der Waals surface area (Å²) in [6.07, 6.45) is -4.18. The molecule has 1 aliphatic carbocycles. The molecule has 0 saturated heterocycles. The van der Waals surface area contributed by atoms with E-state index in [9.17, 15) is 26.7 Å². The van der Waals surface area contributed by atoms with Crippen molar-refractivity contribution in [1.29, 1.82) is 0 Å². The van der Waals surface area contributed by atoms with Crippen molar-refractivity contribution in [3.05, 3.63) is 23.9 Å². The Bertz CT molecular complexity index is 539. The van der Waals surface area contributed by atoms with E-state index in [1.165, 1.54) is 18.3 Å². The van der Waals surface area contributed by atoms with E-state index in [0.29, 0.717) is 5.56 Å². The monoisotopic (exact) mass is 324 g/mol. The van der Waals surface area contributed by atoms with Crippen LogP contribution in [0.5, 0.6) is 5.88 Å². The fourth-order valence-corrected chi connectivity index (χ4v) is 1.98. The van der Waals surface area contributed by atoms with Crippen molar-refractivity contribution in [1.82, 2.24) is 10.3 Å². The van der Waals surface area contributed by atoms with Crippen molar-refractivity contribution in [3.63, 3.8) is 0 Å². The standard InChI is InChI=1S/C13H13F5N2O2/c14-12(15)4-9(5-12)11(21)20-6-8-1-2-19-10(3-8)22-7-13(16,17)18/h1-3,9H,4-7H2,(H,20,21). The number of halogens is 5. The average molecular weight is 324 g/mol. The molecule has 0 spiro atoms. The van der Waals surface area contributed by atoms with Crippen LogP contribution in [0.15, 0.2) is 18.3 Å². The number of carbonyl (C=O) groups is 1. The lowest BCUT2D eigenvalue weighted by Crippen LogP contribution is -2.44. The minimum atomic E-state index is -4.47. The minimum absolute atomic E-state index is 0.00576. The molecule has 22 heavy (non-hydrogen) atoms. The Hall–Kier alpha value is -1.93. The van der Waals surface area contributed by atoms with Gasteiger partial charge in [0.15, 0.2) is 6.61 Å². The minimum Gasteiger partial charge on any atom is -0.468 e. The molecular formula is C13H13F5N2O2. The Labute approximate surface area is 122 Å². The van der Waals surface area contributed by atoms with E-state index in [2.05, 4.69) is 15.0 Å². The quantitative estimate of drug-likeness (QED) is 0.847. The number of alkyl halides is 5. The number of rotatable bonds is 5. The van der Waals surface area contributed by atoms with E-state index >= 15 is 0 Å². The van der Waals surface area contributed by atoms with Crippen molar-refractivity contribution < 1.29 is 31.5 Å². The third-order valence-electron chi connectivity index (χ3n) is 3.11. The van der Waals surface area contributed by atoms with Crippen LogP contribution in [0.3, 0.4) is 0 Å². The van der Waals surface area contributed by atoms with Gasteiger partial charge < -0.3 is 10.1 Å². The first kappa shape index (κ1) is 16.4. The van der Waals surface area contributed by atoms with E-state index in [4.69, 9.17) is 0 Å². The van der Waals surface area contributed by atoms with Gasteiger partial charge in [0.25, 0.3) is 0 Å². The van der Waals surface area contributed by atoms with Gasteiger partial charge in [0.1, 0.15) is 0 Å². The smallest absolute Gasteiger partial charge is 0.422 e. The number of amides is 1. The number of ether oxygens (including phenoxy) is 1. The van der Waals surface area contributed by atoms with Gasteiger partial charge in [0, 0.05) is 37.6 Å². The van der Waals surface area contributed by atoms with Crippen LogP contribution in [0.1, 0.15) is 18.4 Å². The zero-order chi connectivity index (χ0) is 16.4. The summed E-state index contributed by atoms with van der Waals surface area (Å²) in [5, 5.41) is 2.46. The van der Waals surface area contributed by atoms with E-state index < -0.39 is 43.4 Å². The van der Waals surface area contributed by atoms with Crippen LogP contribution in [-0.4, -0.2) is 29.6 Å². The highest BCUT2D eigenvalue weighted by atomic mass is 19.4. The first-order valence-corrected chi connectivity index (χ1v) is 6.45. The van der Waals surface area contributed by atoms with Gasteiger partial charge in [-0.3, -0.25) is 4.79 Å². The summed E-state index contributed by atoms with van der Waals surface area (Å²) in [5.41, 5.74) is 0.464. The van der Waals surface area contributed by atoms with Crippen molar-refractivity contribution >= 4 is 5.91 Å². The Kier molecular flexibility index (Phi) is 4.52. The van der Waals surface area contributed by atoms with Crippen molar-refractivity contribution in [2.45, 2.75) is 31.5 Å². The van der Waals surface area contributed by atoms with E-state index in [1.54, 1.807) is 0 Å². The highest BCUT2D eigenvalue weighted by Gasteiger charge is 2.48. The van der Waals surface area contributed by atoms with Crippen molar-refractivity contribution in [2.75, 3.05) is 6.61 Å². The second-order valence-electron chi connectivity index (χ2n) is 5.09. The maximum atomic E-state index is 12.6. The second-order valence-corrected chi connectivity index (χ2v) is 5.09. The zero-order valence-corrected chi connectivity index (χ0v) is 11.3. The lowest BCUT2D eigenvalue weighted by atomic mass is 9.81. The lowest BCUT2D eigenvalue weighted by Gasteiger charge is -2.33. The first-order chi connectivity index (χ1) is 10.1. The summed E-state index contributed by atoms with van der Waals surface area (Å²) in [5.74, 6) is -4.23. The van der Waals surface area contributed by atoms with Gasteiger partial charge in [-0.1, -0.05) is 0 Å². The number of nitrogens with zero attached hydrogens (tertiary/aromatic N) is 1. The third-order valence-corrected chi connectivity index (χ3v) is 3.11. The lowest BCUT2D eigenvalue weighted by molar-refractivity contribution is -0.154. The van der Waals surface area contributed by atoms with Gasteiger partial charge in [-0.25, -0.2) is 13.8 Å². The third kappa shape index (κ3) is 4.81. The van der Waals surface area contributed by atoms with Crippen LogP contribution < -0.4 is 10.1 Å². The molecule has 0 aromatic carbocycles. The van der Waals surface area contributed by atoms with Crippen LogP contribution in [0, 0.1) is 5.92 Å². The molecule has 1 aromatic heterocycles. The van der Waals surface area contributed by atoms with Gasteiger partial charge in [0.05, 0.1) is 0 Å². The maximum Gasteiger partial charge on any atom is 0.422 e. The Morgan fingerprint density at radius 3 is 2.68 bits per heavy atom. The summed E-state index contributed by atoms with van der Waals surface area (Å²) >= 11 is 0. The number of pyridine rings is 1. The van der Waals surface area contributed by atoms with Crippen LogP contribution in [0.4, 0.5) is 22.0 Å². The molecule has 2 rings (SSSR count). The molecular weight excluding hydrogens is 311 g/mol. The van der Waals surface area contributed by atoms with Gasteiger partial charge in [-0.05, 0) is 11.6 Å². The number of carbonyl (C=O) groups excluding carboxylic acids is 1. The topological polar surface area (TPSA) is 51.2 Å². The molecule has 0 atom stereocenters. The maximum absolute atomic E-state index is 12.6. The molecule has 0 radical (unpaired) electrons. The Morgan fingerprint density at radius 2 is 2.09 bits per heavy atom. The van der Waals surface area contributed by atoms with E-state index in [1.807, 2.05) is 0 Å². The molecule has 1 saturated carbocycles.